The van der Waals surface area contributed by atoms with E-state index in [2.05, 4.69) is 17.4 Å². The van der Waals surface area contributed by atoms with Crippen LogP contribution in [0.15, 0.2) is 72.8 Å². The third-order valence-electron chi connectivity index (χ3n) is 6.75. The molecule has 0 bridgehead atoms. The Kier molecular flexibility index (Phi) is 2.97. The van der Waals surface area contributed by atoms with Gasteiger partial charge in [0.1, 0.15) is 0 Å². The summed E-state index contributed by atoms with van der Waals surface area (Å²) in [6.45, 7) is -0.0942. The number of hydrogen-bond donors (Lipinski definition) is 2. The van der Waals surface area contributed by atoms with E-state index in [0.29, 0.717) is 22.4 Å². The van der Waals surface area contributed by atoms with Crippen molar-refractivity contribution in [3.05, 3.63) is 95.1 Å². The normalized spacial score (nSPS) is 14.3. The second-order valence-electron chi connectivity index (χ2n) is 8.36. The van der Waals surface area contributed by atoms with Crippen LogP contribution >= 0.6 is 0 Å². The highest BCUT2D eigenvalue weighted by molar-refractivity contribution is 7.00. The summed E-state index contributed by atoms with van der Waals surface area (Å²) in [4.78, 5) is 26.8. The first-order valence-corrected chi connectivity index (χ1v) is 10.3. The van der Waals surface area contributed by atoms with E-state index in [0.717, 1.165) is 44.5 Å². The minimum atomic E-state index is -0.0942. The van der Waals surface area contributed by atoms with Crippen molar-refractivity contribution in [3.63, 3.8) is 0 Å². The molecule has 1 aliphatic carbocycles. The standard InChI is InChI=1S/C26H15BN2O2/c28-13-8-9-14-16-11-19-21(12-18(16)26(31)17(14)10-13)27-20-5-1-2-6-22(20)29-23-7-3-4-15(24(23)27)25(19)30/h1-12,29H,28H2. The smallest absolute Gasteiger partial charge is 0.248 e. The number of carbonyl (C=O) groups is 2. The maximum Gasteiger partial charge on any atom is 0.248 e. The number of carbonyl (C=O) groups excluding carboxylic acids is 2. The second-order valence-corrected chi connectivity index (χ2v) is 8.36. The van der Waals surface area contributed by atoms with E-state index in [9.17, 15) is 9.59 Å². The SMILES string of the molecule is Nc1ccc2c(c1)C(=O)c1cc3c(cc1-2)C(=O)c1cccc2c1B3c1ccccc1N2. The fraction of sp³-hybridized carbons (Fsp3) is 0. The average Bonchev–Trinajstić information content (AvgIpc) is 3.06. The largest absolute Gasteiger partial charge is 0.399 e. The number of nitrogens with two attached hydrogens (primary N) is 1. The number of ketones is 2. The van der Waals surface area contributed by atoms with Gasteiger partial charge in [0, 0.05) is 39.3 Å². The lowest BCUT2D eigenvalue weighted by Gasteiger charge is -2.33. The molecule has 4 nitrogen and oxygen atoms in total. The molecule has 2 heterocycles. The van der Waals surface area contributed by atoms with Crippen molar-refractivity contribution in [1.82, 2.24) is 0 Å². The molecule has 0 aromatic heterocycles. The van der Waals surface area contributed by atoms with E-state index in [1.807, 2.05) is 48.5 Å². The highest BCUT2D eigenvalue weighted by Crippen LogP contribution is 2.39. The summed E-state index contributed by atoms with van der Waals surface area (Å²) in [7, 11) is 0. The molecule has 0 spiro atoms. The summed E-state index contributed by atoms with van der Waals surface area (Å²) in [5, 5.41) is 3.48. The van der Waals surface area contributed by atoms with Crippen LogP contribution in [0.1, 0.15) is 31.8 Å². The first-order chi connectivity index (χ1) is 15.1. The molecule has 0 amide bonds. The van der Waals surface area contributed by atoms with Gasteiger partial charge in [-0.2, -0.15) is 0 Å². The van der Waals surface area contributed by atoms with Gasteiger partial charge in [-0.3, -0.25) is 9.59 Å². The van der Waals surface area contributed by atoms with Gasteiger partial charge < -0.3 is 11.1 Å². The van der Waals surface area contributed by atoms with Crippen LogP contribution in [0, 0.1) is 0 Å². The first kappa shape index (κ1) is 16.7. The third kappa shape index (κ3) is 2.00. The Morgan fingerprint density at radius 3 is 2.29 bits per heavy atom. The average molecular weight is 398 g/mol. The molecule has 0 atom stereocenters. The van der Waals surface area contributed by atoms with Gasteiger partial charge >= 0.3 is 0 Å². The second kappa shape index (κ2) is 5.52. The maximum absolute atomic E-state index is 13.6. The first-order valence-electron chi connectivity index (χ1n) is 10.3. The molecule has 0 fully saturated rings. The molecule has 4 aromatic carbocycles. The Hall–Kier alpha value is -4.12. The van der Waals surface area contributed by atoms with Crippen LogP contribution in [-0.4, -0.2) is 18.3 Å². The monoisotopic (exact) mass is 398 g/mol. The van der Waals surface area contributed by atoms with Crippen molar-refractivity contribution in [2.24, 2.45) is 0 Å². The molecule has 0 saturated carbocycles. The number of nitrogens with one attached hydrogen (secondary N) is 1. The van der Waals surface area contributed by atoms with Gasteiger partial charge in [0.05, 0.1) is 0 Å². The predicted octanol–water partition coefficient (Wildman–Crippen LogP) is 2.60. The van der Waals surface area contributed by atoms with E-state index in [1.165, 1.54) is 0 Å². The van der Waals surface area contributed by atoms with E-state index >= 15 is 0 Å². The van der Waals surface area contributed by atoms with Gasteiger partial charge in [-0.15, -0.1) is 0 Å². The fourth-order valence-corrected chi connectivity index (χ4v) is 5.41. The summed E-state index contributed by atoms with van der Waals surface area (Å²) in [6.07, 6.45) is 0. The highest BCUT2D eigenvalue weighted by Gasteiger charge is 2.42. The molecule has 5 heteroatoms. The van der Waals surface area contributed by atoms with Gasteiger partial charge in [0.2, 0.25) is 6.71 Å². The van der Waals surface area contributed by atoms with Crippen molar-refractivity contribution in [2.75, 3.05) is 11.1 Å². The third-order valence-corrected chi connectivity index (χ3v) is 6.75. The Morgan fingerprint density at radius 2 is 1.39 bits per heavy atom. The topological polar surface area (TPSA) is 72.2 Å². The fourth-order valence-electron chi connectivity index (χ4n) is 5.41. The summed E-state index contributed by atoms with van der Waals surface area (Å²) in [6, 6.07) is 23.2. The lowest BCUT2D eigenvalue weighted by Crippen LogP contribution is -2.61. The van der Waals surface area contributed by atoms with Crippen molar-refractivity contribution >= 4 is 51.7 Å². The molecule has 2 aliphatic heterocycles. The maximum atomic E-state index is 13.6. The molecular formula is C26H15BN2O2. The van der Waals surface area contributed by atoms with E-state index in [-0.39, 0.29) is 18.3 Å². The predicted molar refractivity (Wildman–Crippen MR) is 124 cm³/mol. The zero-order chi connectivity index (χ0) is 20.9. The minimum absolute atomic E-state index is 0.00317. The number of rotatable bonds is 0. The van der Waals surface area contributed by atoms with Gasteiger partial charge in [0.15, 0.2) is 11.6 Å². The molecule has 3 aliphatic rings. The zero-order valence-electron chi connectivity index (χ0n) is 16.4. The number of anilines is 3. The lowest BCUT2D eigenvalue weighted by atomic mass is 9.32. The molecular weight excluding hydrogens is 383 g/mol. The molecule has 144 valence electrons. The van der Waals surface area contributed by atoms with Crippen LogP contribution in [0.4, 0.5) is 17.1 Å². The molecule has 7 rings (SSSR count). The van der Waals surface area contributed by atoms with Crippen molar-refractivity contribution in [1.29, 1.82) is 0 Å². The lowest BCUT2D eigenvalue weighted by molar-refractivity contribution is 0.103. The molecule has 0 radical (unpaired) electrons. The number of para-hydroxylation sites is 1. The van der Waals surface area contributed by atoms with Crippen LogP contribution < -0.4 is 27.4 Å². The Bertz CT molecular complexity index is 1520. The minimum Gasteiger partial charge on any atom is -0.399 e. The summed E-state index contributed by atoms with van der Waals surface area (Å²) >= 11 is 0. The van der Waals surface area contributed by atoms with Crippen molar-refractivity contribution in [2.45, 2.75) is 0 Å². The van der Waals surface area contributed by atoms with E-state index in [4.69, 9.17) is 5.73 Å². The van der Waals surface area contributed by atoms with Crippen molar-refractivity contribution < 1.29 is 9.59 Å². The number of hydrogen-bond acceptors (Lipinski definition) is 4. The van der Waals surface area contributed by atoms with Crippen LogP contribution in [0.5, 0.6) is 0 Å². The van der Waals surface area contributed by atoms with Gasteiger partial charge in [-0.1, -0.05) is 47.9 Å². The number of fused-ring (bicyclic) bond motifs is 7. The number of nitrogen functional groups attached to an aromatic ring is 1. The quantitative estimate of drug-likeness (QED) is 0.304. The van der Waals surface area contributed by atoms with E-state index in [1.54, 1.807) is 12.1 Å². The Balaban J connectivity index is 1.56. The molecule has 0 saturated heterocycles. The molecule has 0 unspecified atom stereocenters. The molecule has 3 N–H and O–H groups in total. The Labute approximate surface area is 178 Å². The van der Waals surface area contributed by atoms with E-state index < -0.39 is 0 Å². The highest BCUT2D eigenvalue weighted by atomic mass is 16.1. The van der Waals surface area contributed by atoms with Gasteiger partial charge in [-0.25, -0.2) is 0 Å². The van der Waals surface area contributed by atoms with Crippen molar-refractivity contribution in [3.8, 4) is 11.1 Å². The van der Waals surface area contributed by atoms with Crippen LogP contribution in [-0.2, 0) is 0 Å². The van der Waals surface area contributed by atoms with Crippen LogP contribution in [0.2, 0.25) is 0 Å². The molecule has 31 heavy (non-hydrogen) atoms. The van der Waals surface area contributed by atoms with Gasteiger partial charge in [-0.05, 0) is 52.4 Å². The van der Waals surface area contributed by atoms with Crippen LogP contribution in [0.3, 0.4) is 0 Å². The van der Waals surface area contributed by atoms with Crippen LogP contribution in [0.25, 0.3) is 11.1 Å². The Morgan fingerprint density at radius 1 is 0.613 bits per heavy atom. The summed E-state index contributed by atoms with van der Waals surface area (Å²) in [5.74, 6) is -0.0303. The molecule has 4 aromatic rings. The summed E-state index contributed by atoms with van der Waals surface area (Å²) in [5.41, 5.74) is 15.8. The number of benzene rings is 4. The zero-order valence-corrected chi connectivity index (χ0v) is 16.4. The summed E-state index contributed by atoms with van der Waals surface area (Å²) < 4.78 is 0. The van der Waals surface area contributed by atoms with Gasteiger partial charge in [0.25, 0.3) is 0 Å².